The van der Waals surface area contributed by atoms with E-state index in [1.54, 1.807) is 6.07 Å². The number of halogens is 1. The predicted molar refractivity (Wildman–Crippen MR) is 221 cm³/mol. The van der Waals surface area contributed by atoms with Crippen LogP contribution in [0.1, 0.15) is 114 Å². The number of hydrogen-bond donors (Lipinski definition) is 5. The van der Waals surface area contributed by atoms with Crippen molar-refractivity contribution < 1.29 is 24.6 Å². The number of fused-ring (bicyclic) bond motifs is 4. The molecular formula is C44H53ClN8O5. The Labute approximate surface area is 343 Å². The van der Waals surface area contributed by atoms with Crippen LogP contribution < -0.4 is 10.6 Å². The van der Waals surface area contributed by atoms with Crippen LogP contribution in [0.25, 0.3) is 11.1 Å². The van der Waals surface area contributed by atoms with Gasteiger partial charge in [-0.3, -0.25) is 24.2 Å². The second-order valence-corrected chi connectivity index (χ2v) is 18.1. The third-order valence-corrected chi connectivity index (χ3v) is 14.7. The second kappa shape index (κ2) is 15.2. The van der Waals surface area contributed by atoms with Gasteiger partial charge in [0.15, 0.2) is 11.6 Å². The standard InChI is InChI=1S/C44H53ClN8O5/c1-26-29(5-3-7-31(26)49-41(56)39-48-35-24-53(21-14-36(35)51(39)2)27-9-11-28(54)12-10-27)30-6-4-8-33(37(30)45)50-40(55)38-46-32-13-20-52(23-34(32)47-38)22-19-43-15-17-44(25-43,18-16-43)42(57)58/h3-8,27-28,54H,9-25H2,1-2H3,(H,46,47)(H,49,56)(H,50,55)(H,57,58). The maximum absolute atomic E-state index is 13.7. The molecule has 3 saturated carbocycles. The van der Waals surface area contributed by atoms with Crippen LogP contribution in [0.3, 0.4) is 0 Å². The van der Waals surface area contributed by atoms with Gasteiger partial charge in [0, 0.05) is 69.1 Å². The minimum atomic E-state index is -0.624. The van der Waals surface area contributed by atoms with Crippen molar-refractivity contribution in [2.75, 3.05) is 30.3 Å². The van der Waals surface area contributed by atoms with E-state index < -0.39 is 11.4 Å². The van der Waals surface area contributed by atoms with Crippen LogP contribution in [-0.2, 0) is 37.8 Å². The minimum absolute atomic E-state index is 0.142. The molecule has 0 radical (unpaired) electrons. The third-order valence-electron chi connectivity index (χ3n) is 14.3. The SMILES string of the molecule is Cc1c(NC(=O)c2nc3c(n2C)CCN(C2CCC(O)CC2)C3)cccc1-c1cccc(NC(=O)c2nc3c([nH]2)CN(CCC24CCC(C(=O)O)(CC2)C4)CC3)c1Cl. The average Bonchev–Trinajstić information content (AvgIpc) is 4.00. The number of benzene rings is 2. The highest BCUT2D eigenvalue weighted by Gasteiger charge is 2.57. The number of carbonyl (C=O) groups is 3. The summed E-state index contributed by atoms with van der Waals surface area (Å²) in [6, 6.07) is 11.6. The summed E-state index contributed by atoms with van der Waals surface area (Å²) in [4.78, 5) is 56.9. The number of imidazole rings is 2. The number of nitrogens with zero attached hydrogens (tertiary/aromatic N) is 5. The Morgan fingerprint density at radius 2 is 1.62 bits per heavy atom. The van der Waals surface area contributed by atoms with Crippen LogP contribution in [-0.4, -0.2) is 89.1 Å². The number of aromatic amines is 1. The van der Waals surface area contributed by atoms with Gasteiger partial charge in [-0.1, -0.05) is 35.9 Å². The molecule has 0 saturated heterocycles. The normalized spacial score (nSPS) is 25.7. The minimum Gasteiger partial charge on any atom is -0.481 e. The number of carbonyl (C=O) groups excluding carboxylic acids is 2. The Balaban J connectivity index is 0.845. The fraction of sp³-hybridized carbons (Fsp3) is 0.523. The van der Waals surface area contributed by atoms with Gasteiger partial charge in [0.25, 0.3) is 11.8 Å². The molecule has 5 aliphatic rings. The summed E-state index contributed by atoms with van der Waals surface area (Å²) in [5.41, 5.74) is 6.97. The molecule has 2 aromatic heterocycles. The molecule has 58 heavy (non-hydrogen) atoms. The van der Waals surface area contributed by atoms with Gasteiger partial charge in [0.2, 0.25) is 0 Å². The van der Waals surface area contributed by atoms with E-state index in [4.69, 9.17) is 16.6 Å². The van der Waals surface area contributed by atoms with Crippen LogP contribution in [0.4, 0.5) is 11.4 Å². The van der Waals surface area contributed by atoms with Gasteiger partial charge >= 0.3 is 5.97 Å². The molecule has 2 amide bonds. The lowest BCUT2D eigenvalue weighted by Gasteiger charge is -2.37. The molecule has 14 heteroatoms. The molecule has 5 N–H and O–H groups in total. The number of nitrogens with one attached hydrogen (secondary N) is 3. The van der Waals surface area contributed by atoms with Crippen molar-refractivity contribution >= 4 is 40.8 Å². The molecule has 0 unspecified atom stereocenters. The van der Waals surface area contributed by atoms with Crippen molar-refractivity contribution in [1.82, 2.24) is 29.3 Å². The Bertz CT molecular complexity index is 2270. The molecule has 9 rings (SSSR count). The van der Waals surface area contributed by atoms with Crippen molar-refractivity contribution in [3.8, 4) is 11.1 Å². The summed E-state index contributed by atoms with van der Waals surface area (Å²) >= 11 is 7.01. The molecule has 4 heterocycles. The van der Waals surface area contributed by atoms with E-state index in [0.717, 1.165) is 136 Å². The molecule has 2 aliphatic heterocycles. The highest BCUT2D eigenvalue weighted by atomic mass is 35.5. The molecule has 0 atom stereocenters. The summed E-state index contributed by atoms with van der Waals surface area (Å²) in [6.45, 7) is 5.99. The largest absolute Gasteiger partial charge is 0.481 e. The van der Waals surface area contributed by atoms with E-state index in [-0.39, 0.29) is 29.2 Å². The monoisotopic (exact) mass is 808 g/mol. The first-order chi connectivity index (χ1) is 27.9. The summed E-state index contributed by atoms with van der Waals surface area (Å²) < 4.78 is 1.92. The zero-order chi connectivity index (χ0) is 40.3. The number of aliphatic hydroxyl groups excluding tert-OH is 1. The number of aromatic nitrogens is 4. The number of hydrogen-bond acceptors (Lipinski definition) is 8. The van der Waals surface area contributed by atoms with Crippen molar-refractivity contribution in [1.29, 1.82) is 0 Å². The maximum Gasteiger partial charge on any atom is 0.309 e. The van der Waals surface area contributed by atoms with Crippen LogP contribution in [0.5, 0.6) is 0 Å². The Morgan fingerprint density at radius 3 is 2.36 bits per heavy atom. The zero-order valence-electron chi connectivity index (χ0n) is 33.4. The van der Waals surface area contributed by atoms with Gasteiger partial charge in [-0.15, -0.1) is 0 Å². The van der Waals surface area contributed by atoms with E-state index in [0.29, 0.717) is 41.4 Å². The molecule has 306 valence electrons. The Morgan fingerprint density at radius 1 is 0.897 bits per heavy atom. The molecule has 2 aromatic carbocycles. The lowest BCUT2D eigenvalue weighted by atomic mass is 9.80. The van der Waals surface area contributed by atoms with Gasteiger partial charge in [0.1, 0.15) is 0 Å². The Hall–Kier alpha value is -4.56. The van der Waals surface area contributed by atoms with Gasteiger partial charge in [-0.05, 0) is 106 Å². The maximum atomic E-state index is 13.7. The van der Waals surface area contributed by atoms with Crippen LogP contribution in [0.2, 0.25) is 5.02 Å². The van der Waals surface area contributed by atoms with E-state index in [1.807, 2.05) is 48.9 Å². The quantitative estimate of drug-likeness (QED) is 0.117. The number of carboxylic acids is 1. The van der Waals surface area contributed by atoms with Gasteiger partial charge in [-0.25, -0.2) is 9.97 Å². The Kier molecular flexibility index (Phi) is 10.2. The van der Waals surface area contributed by atoms with Crippen molar-refractivity contribution in [3.05, 3.63) is 81.4 Å². The lowest BCUT2D eigenvalue weighted by Crippen LogP contribution is -2.42. The number of rotatable bonds is 10. The number of aliphatic carboxylic acids is 1. The number of amides is 2. The van der Waals surface area contributed by atoms with Gasteiger partial charge in [-0.2, -0.15) is 0 Å². The molecule has 13 nitrogen and oxygen atoms in total. The van der Waals surface area contributed by atoms with Crippen LogP contribution >= 0.6 is 11.6 Å². The first-order valence-electron chi connectivity index (χ1n) is 20.9. The van der Waals surface area contributed by atoms with Crippen molar-refractivity contribution in [2.45, 2.75) is 109 Å². The fourth-order valence-electron chi connectivity index (χ4n) is 10.7. The number of aliphatic hydroxyl groups is 1. The number of H-pyrrole nitrogens is 1. The smallest absolute Gasteiger partial charge is 0.309 e. The van der Waals surface area contributed by atoms with Crippen molar-refractivity contribution in [3.63, 3.8) is 0 Å². The molecule has 3 fully saturated rings. The zero-order valence-corrected chi connectivity index (χ0v) is 34.1. The lowest BCUT2D eigenvalue weighted by molar-refractivity contribution is -0.148. The summed E-state index contributed by atoms with van der Waals surface area (Å²) in [6.07, 6.45) is 10.4. The number of anilines is 2. The molecule has 4 aromatic rings. The van der Waals surface area contributed by atoms with Gasteiger partial charge in [0.05, 0.1) is 39.3 Å². The highest BCUT2D eigenvalue weighted by molar-refractivity contribution is 6.36. The van der Waals surface area contributed by atoms with Crippen LogP contribution in [0, 0.1) is 17.8 Å². The predicted octanol–water partition coefficient (Wildman–Crippen LogP) is 6.72. The summed E-state index contributed by atoms with van der Waals surface area (Å²) in [5.74, 6) is -0.673. The van der Waals surface area contributed by atoms with E-state index in [2.05, 4.69) is 30.4 Å². The molecule has 3 aliphatic carbocycles. The summed E-state index contributed by atoms with van der Waals surface area (Å²) in [5, 5.41) is 26.2. The topological polar surface area (TPSA) is 169 Å². The van der Waals surface area contributed by atoms with E-state index >= 15 is 0 Å². The first kappa shape index (κ1) is 38.9. The second-order valence-electron chi connectivity index (χ2n) is 17.7. The van der Waals surface area contributed by atoms with E-state index in [9.17, 15) is 24.6 Å². The van der Waals surface area contributed by atoms with Crippen LogP contribution in [0.15, 0.2) is 36.4 Å². The first-order valence-corrected chi connectivity index (χ1v) is 21.3. The summed E-state index contributed by atoms with van der Waals surface area (Å²) in [7, 11) is 1.91. The molecular weight excluding hydrogens is 756 g/mol. The van der Waals surface area contributed by atoms with Crippen molar-refractivity contribution in [2.24, 2.45) is 17.9 Å². The third kappa shape index (κ3) is 7.13. The van der Waals surface area contributed by atoms with Gasteiger partial charge < -0.3 is 30.4 Å². The average molecular weight is 809 g/mol. The highest BCUT2D eigenvalue weighted by Crippen LogP contribution is 2.63. The molecule has 0 spiro atoms. The number of carboxylic acid groups (broad SMARTS) is 1. The molecule has 2 bridgehead atoms. The fourth-order valence-corrected chi connectivity index (χ4v) is 11.0. The van der Waals surface area contributed by atoms with E-state index in [1.165, 1.54) is 0 Å².